The van der Waals surface area contributed by atoms with Gasteiger partial charge < -0.3 is 9.64 Å². The van der Waals surface area contributed by atoms with Gasteiger partial charge in [-0.3, -0.25) is 10.1 Å². The lowest BCUT2D eigenvalue weighted by Crippen LogP contribution is -2.45. The van der Waals surface area contributed by atoms with Gasteiger partial charge in [-0.25, -0.2) is 0 Å². The molecule has 2 aromatic carbocycles. The molecule has 0 aromatic heterocycles. The van der Waals surface area contributed by atoms with E-state index >= 15 is 0 Å². The molecule has 4 nitrogen and oxygen atoms in total. The summed E-state index contributed by atoms with van der Waals surface area (Å²) in [6.45, 7) is 4.73. The van der Waals surface area contributed by atoms with Crippen molar-refractivity contribution in [2.45, 2.75) is 32.8 Å². The highest BCUT2D eigenvalue weighted by atomic mass is 79.9. The first kappa shape index (κ1) is 18.9. The molecule has 6 heteroatoms. The van der Waals surface area contributed by atoms with Crippen LogP contribution in [0.15, 0.2) is 46.9 Å². The normalized spacial score (nSPS) is 13.3. The zero-order valence-corrected chi connectivity index (χ0v) is 17.2. The van der Waals surface area contributed by atoms with Crippen LogP contribution in [0, 0.1) is 0 Å². The summed E-state index contributed by atoms with van der Waals surface area (Å²) in [5, 5.41) is 3.28. The Morgan fingerprint density at radius 2 is 2.04 bits per heavy atom. The summed E-state index contributed by atoms with van der Waals surface area (Å²) in [5.74, 6) is 0.485. The van der Waals surface area contributed by atoms with Crippen molar-refractivity contribution in [3.05, 3.63) is 58.1 Å². The molecule has 1 aliphatic rings. The summed E-state index contributed by atoms with van der Waals surface area (Å²) in [5.41, 5.74) is 2.86. The van der Waals surface area contributed by atoms with E-state index in [0.717, 1.165) is 29.5 Å². The largest absolute Gasteiger partial charge is 0.490 e. The van der Waals surface area contributed by atoms with Gasteiger partial charge in [-0.1, -0.05) is 18.2 Å². The molecule has 26 heavy (non-hydrogen) atoms. The summed E-state index contributed by atoms with van der Waals surface area (Å²) < 4.78 is 6.43. The fraction of sp³-hybridized carbons (Fsp3) is 0.300. The van der Waals surface area contributed by atoms with E-state index in [1.807, 2.05) is 36.9 Å². The molecule has 1 amide bonds. The van der Waals surface area contributed by atoms with Crippen LogP contribution in [0.1, 0.15) is 36.2 Å². The Balaban J connectivity index is 1.72. The number of carbonyl (C=O) groups is 1. The van der Waals surface area contributed by atoms with Gasteiger partial charge in [0.15, 0.2) is 5.11 Å². The Labute approximate surface area is 167 Å². The maximum Gasteiger partial charge on any atom is 0.257 e. The molecule has 1 heterocycles. The molecule has 0 unspecified atom stereocenters. The van der Waals surface area contributed by atoms with Crippen molar-refractivity contribution in [1.82, 2.24) is 5.32 Å². The Hall–Kier alpha value is -1.92. The van der Waals surface area contributed by atoms with E-state index < -0.39 is 0 Å². The molecule has 0 aliphatic carbocycles. The molecule has 3 rings (SSSR count). The second-order valence-electron chi connectivity index (χ2n) is 6.45. The monoisotopic (exact) mass is 432 g/mol. The van der Waals surface area contributed by atoms with Gasteiger partial charge in [0.2, 0.25) is 0 Å². The minimum atomic E-state index is -0.227. The van der Waals surface area contributed by atoms with Crippen LogP contribution in [0.3, 0.4) is 0 Å². The van der Waals surface area contributed by atoms with Gasteiger partial charge >= 0.3 is 0 Å². The topological polar surface area (TPSA) is 41.6 Å². The van der Waals surface area contributed by atoms with E-state index in [-0.39, 0.29) is 12.0 Å². The Morgan fingerprint density at radius 3 is 2.77 bits per heavy atom. The van der Waals surface area contributed by atoms with Gasteiger partial charge in [-0.05, 0) is 84.7 Å². The average molecular weight is 433 g/mol. The summed E-state index contributed by atoms with van der Waals surface area (Å²) in [6, 6.07) is 13.5. The van der Waals surface area contributed by atoms with Crippen molar-refractivity contribution in [2.75, 3.05) is 11.4 Å². The van der Waals surface area contributed by atoms with Crippen LogP contribution in [0.2, 0.25) is 0 Å². The molecule has 0 atom stereocenters. The van der Waals surface area contributed by atoms with Crippen LogP contribution in [-0.4, -0.2) is 23.7 Å². The summed E-state index contributed by atoms with van der Waals surface area (Å²) in [6.07, 6.45) is 2.12. The van der Waals surface area contributed by atoms with E-state index in [1.54, 1.807) is 18.2 Å². The van der Waals surface area contributed by atoms with E-state index in [0.29, 0.717) is 16.4 Å². The lowest BCUT2D eigenvalue weighted by Gasteiger charge is -2.31. The van der Waals surface area contributed by atoms with Crippen molar-refractivity contribution in [2.24, 2.45) is 0 Å². The molecule has 1 N–H and O–H groups in total. The maximum atomic E-state index is 12.6. The number of nitrogens with one attached hydrogen (secondary N) is 1. The lowest BCUT2D eigenvalue weighted by molar-refractivity contribution is 0.0977. The number of ether oxygens (including phenoxy) is 1. The maximum absolute atomic E-state index is 12.6. The molecule has 0 spiro atoms. The number of carbonyl (C=O) groups excluding carboxylic acids is 1. The zero-order valence-electron chi connectivity index (χ0n) is 14.8. The number of hydrogen-bond donors (Lipinski definition) is 1. The molecule has 2 aromatic rings. The third-order valence-corrected chi connectivity index (χ3v) is 5.07. The van der Waals surface area contributed by atoms with Crippen LogP contribution >= 0.6 is 28.1 Å². The SMILES string of the molecule is CC(C)Oc1ccc(C(=O)NC(=S)N2CCCc3ccccc32)cc1Br. The summed E-state index contributed by atoms with van der Waals surface area (Å²) in [4.78, 5) is 14.6. The van der Waals surface area contributed by atoms with E-state index in [2.05, 4.69) is 27.3 Å². The predicted molar refractivity (Wildman–Crippen MR) is 112 cm³/mol. The number of nitrogens with zero attached hydrogens (tertiary/aromatic N) is 1. The van der Waals surface area contributed by atoms with Gasteiger partial charge in [0, 0.05) is 17.8 Å². The molecule has 0 fully saturated rings. The van der Waals surface area contributed by atoms with Gasteiger partial charge in [0.05, 0.1) is 10.6 Å². The van der Waals surface area contributed by atoms with Crippen molar-refractivity contribution >= 4 is 44.9 Å². The second-order valence-corrected chi connectivity index (χ2v) is 7.70. The smallest absolute Gasteiger partial charge is 0.257 e. The van der Waals surface area contributed by atoms with Crippen LogP contribution in [0.4, 0.5) is 5.69 Å². The number of amides is 1. The number of benzene rings is 2. The van der Waals surface area contributed by atoms with E-state index in [9.17, 15) is 4.79 Å². The first-order valence-corrected chi connectivity index (χ1v) is 9.83. The predicted octanol–water partition coefficient (Wildman–Crippen LogP) is 4.70. The third kappa shape index (κ3) is 4.24. The molecule has 0 saturated heterocycles. The molecule has 0 radical (unpaired) electrons. The minimum Gasteiger partial charge on any atom is -0.490 e. The average Bonchev–Trinajstić information content (AvgIpc) is 2.62. The van der Waals surface area contributed by atoms with E-state index in [4.69, 9.17) is 17.0 Å². The van der Waals surface area contributed by atoms with Gasteiger partial charge in [0.1, 0.15) is 5.75 Å². The van der Waals surface area contributed by atoms with Gasteiger partial charge in [-0.2, -0.15) is 0 Å². The standard InChI is InChI=1S/C20H21BrN2O2S/c1-13(2)25-18-10-9-15(12-16(18)21)19(24)22-20(26)23-11-5-7-14-6-3-4-8-17(14)23/h3-4,6,8-10,12-13H,5,7,11H2,1-2H3,(H,22,24,26). The highest BCUT2D eigenvalue weighted by molar-refractivity contribution is 9.10. The van der Waals surface area contributed by atoms with Crippen LogP contribution in [-0.2, 0) is 6.42 Å². The van der Waals surface area contributed by atoms with E-state index in [1.165, 1.54) is 5.56 Å². The molecule has 136 valence electrons. The Bertz CT molecular complexity index is 838. The minimum absolute atomic E-state index is 0.0673. The van der Waals surface area contributed by atoms with Crippen LogP contribution in [0.25, 0.3) is 0 Å². The zero-order chi connectivity index (χ0) is 18.7. The lowest BCUT2D eigenvalue weighted by atomic mass is 10.0. The first-order valence-electron chi connectivity index (χ1n) is 8.62. The van der Waals surface area contributed by atoms with Gasteiger partial charge in [0.25, 0.3) is 5.91 Å². The van der Waals surface area contributed by atoms with Gasteiger partial charge in [-0.15, -0.1) is 0 Å². The van der Waals surface area contributed by atoms with Crippen LogP contribution < -0.4 is 15.0 Å². The molecular weight excluding hydrogens is 412 g/mol. The number of anilines is 1. The van der Waals surface area contributed by atoms with Crippen molar-refractivity contribution in [3.8, 4) is 5.75 Å². The highest BCUT2D eigenvalue weighted by Crippen LogP contribution is 2.28. The molecule has 0 saturated carbocycles. The van der Waals surface area contributed by atoms with Crippen molar-refractivity contribution < 1.29 is 9.53 Å². The highest BCUT2D eigenvalue weighted by Gasteiger charge is 2.21. The second kappa shape index (κ2) is 8.18. The number of fused-ring (bicyclic) bond motifs is 1. The molecule has 1 aliphatic heterocycles. The summed E-state index contributed by atoms with van der Waals surface area (Å²) >= 11 is 8.96. The fourth-order valence-electron chi connectivity index (χ4n) is 2.97. The number of hydrogen-bond acceptors (Lipinski definition) is 3. The summed E-state index contributed by atoms with van der Waals surface area (Å²) in [7, 11) is 0. The fourth-order valence-corrected chi connectivity index (χ4v) is 3.73. The number of aryl methyl sites for hydroxylation is 1. The van der Waals surface area contributed by atoms with Crippen molar-refractivity contribution in [1.29, 1.82) is 0 Å². The Morgan fingerprint density at radius 1 is 1.27 bits per heavy atom. The molecular formula is C20H21BrN2O2S. The van der Waals surface area contributed by atoms with Crippen LogP contribution in [0.5, 0.6) is 5.75 Å². The number of halogens is 1. The number of para-hydroxylation sites is 1. The van der Waals surface area contributed by atoms with Crippen molar-refractivity contribution in [3.63, 3.8) is 0 Å². The number of rotatable bonds is 3. The molecule has 0 bridgehead atoms. The third-order valence-electron chi connectivity index (χ3n) is 4.13. The Kier molecular flexibility index (Phi) is 5.94. The first-order chi connectivity index (χ1) is 12.5. The quantitative estimate of drug-likeness (QED) is 0.713. The number of thiocarbonyl (C=S) groups is 1.